The van der Waals surface area contributed by atoms with Crippen LogP contribution in [0.2, 0.25) is 0 Å². The first kappa shape index (κ1) is 17.0. The summed E-state index contributed by atoms with van der Waals surface area (Å²) >= 11 is 2.99. The van der Waals surface area contributed by atoms with Gasteiger partial charge < -0.3 is 5.32 Å². The van der Waals surface area contributed by atoms with E-state index in [-0.39, 0.29) is 10.2 Å². The zero-order valence-corrected chi connectivity index (χ0v) is 12.9. The van der Waals surface area contributed by atoms with E-state index in [9.17, 15) is 26.4 Å². The van der Waals surface area contributed by atoms with Crippen LogP contribution in [-0.4, -0.2) is 25.8 Å². The SMILES string of the molecule is CC(C(=O)Nc1cc(C(F)(F)F)ccc1Br)S(C)(=O)=O. The summed E-state index contributed by atoms with van der Waals surface area (Å²) in [5.74, 6) is -0.896. The number of hydrogen-bond acceptors (Lipinski definition) is 3. The summed E-state index contributed by atoms with van der Waals surface area (Å²) in [4.78, 5) is 11.7. The fourth-order valence-corrected chi connectivity index (χ4v) is 2.02. The van der Waals surface area contributed by atoms with Gasteiger partial charge in [-0.15, -0.1) is 0 Å². The molecule has 4 nitrogen and oxygen atoms in total. The summed E-state index contributed by atoms with van der Waals surface area (Å²) in [5, 5.41) is 0.807. The lowest BCUT2D eigenvalue weighted by atomic mass is 10.2. The third-order valence-electron chi connectivity index (χ3n) is 2.56. The number of sulfone groups is 1. The minimum Gasteiger partial charge on any atom is -0.324 e. The second kappa shape index (κ2) is 5.72. The zero-order chi connectivity index (χ0) is 15.7. The quantitative estimate of drug-likeness (QED) is 0.885. The van der Waals surface area contributed by atoms with E-state index in [0.717, 1.165) is 31.4 Å². The fourth-order valence-electron chi connectivity index (χ4n) is 1.23. The second-order valence-corrected chi connectivity index (χ2v) is 7.37. The van der Waals surface area contributed by atoms with Crippen LogP contribution in [0.3, 0.4) is 0 Å². The van der Waals surface area contributed by atoms with E-state index >= 15 is 0 Å². The highest BCUT2D eigenvalue weighted by atomic mass is 79.9. The van der Waals surface area contributed by atoms with Crippen molar-refractivity contribution in [3.63, 3.8) is 0 Å². The normalized spacial score (nSPS) is 13.9. The van der Waals surface area contributed by atoms with Crippen LogP contribution in [-0.2, 0) is 20.8 Å². The summed E-state index contributed by atoms with van der Waals surface area (Å²) in [5.41, 5.74) is -1.08. The molecular formula is C11H11BrF3NO3S. The maximum Gasteiger partial charge on any atom is 0.416 e. The molecule has 1 aromatic rings. The molecule has 112 valence electrons. The van der Waals surface area contributed by atoms with Crippen molar-refractivity contribution in [3.8, 4) is 0 Å². The van der Waals surface area contributed by atoms with Crippen molar-refractivity contribution in [3.05, 3.63) is 28.2 Å². The van der Waals surface area contributed by atoms with Crippen LogP contribution < -0.4 is 5.32 Å². The zero-order valence-electron chi connectivity index (χ0n) is 10.5. The van der Waals surface area contributed by atoms with Crippen molar-refractivity contribution < 1.29 is 26.4 Å². The number of alkyl halides is 3. The average Bonchev–Trinajstić information content (AvgIpc) is 2.28. The van der Waals surface area contributed by atoms with Gasteiger partial charge in [-0.1, -0.05) is 0 Å². The van der Waals surface area contributed by atoms with Gasteiger partial charge >= 0.3 is 6.18 Å². The molecule has 0 aromatic heterocycles. The van der Waals surface area contributed by atoms with Gasteiger partial charge in [-0.3, -0.25) is 4.79 Å². The van der Waals surface area contributed by atoms with E-state index in [1.54, 1.807) is 0 Å². The van der Waals surface area contributed by atoms with Crippen LogP contribution in [0.1, 0.15) is 12.5 Å². The molecule has 1 unspecified atom stereocenters. The molecule has 0 heterocycles. The summed E-state index contributed by atoms with van der Waals surface area (Å²) in [6.07, 6.45) is -3.68. The van der Waals surface area contributed by atoms with E-state index in [1.807, 2.05) is 0 Å². The van der Waals surface area contributed by atoms with Crippen molar-refractivity contribution in [2.24, 2.45) is 0 Å². The Labute approximate surface area is 122 Å². The summed E-state index contributed by atoms with van der Waals surface area (Å²) in [7, 11) is -3.62. The smallest absolute Gasteiger partial charge is 0.324 e. The third kappa shape index (κ3) is 4.20. The molecule has 1 amide bonds. The average molecular weight is 374 g/mol. The Morgan fingerprint density at radius 1 is 1.35 bits per heavy atom. The van der Waals surface area contributed by atoms with Crippen LogP contribution in [0, 0.1) is 0 Å². The lowest BCUT2D eigenvalue weighted by Crippen LogP contribution is -2.32. The van der Waals surface area contributed by atoms with Crippen molar-refractivity contribution in [1.29, 1.82) is 0 Å². The lowest BCUT2D eigenvalue weighted by Gasteiger charge is -2.14. The number of halogens is 4. The first-order chi connectivity index (χ1) is 8.93. The molecule has 1 aromatic carbocycles. The molecule has 20 heavy (non-hydrogen) atoms. The highest BCUT2D eigenvalue weighted by molar-refractivity contribution is 9.10. The van der Waals surface area contributed by atoms with E-state index in [1.165, 1.54) is 0 Å². The predicted molar refractivity (Wildman–Crippen MR) is 72.1 cm³/mol. The van der Waals surface area contributed by atoms with Gasteiger partial charge in [-0.2, -0.15) is 13.2 Å². The van der Waals surface area contributed by atoms with Crippen LogP contribution >= 0.6 is 15.9 Å². The minimum absolute atomic E-state index is 0.139. The van der Waals surface area contributed by atoms with Gasteiger partial charge in [0.05, 0.1) is 11.3 Å². The van der Waals surface area contributed by atoms with Gasteiger partial charge in [0.1, 0.15) is 5.25 Å². The van der Waals surface area contributed by atoms with Crippen molar-refractivity contribution >= 4 is 37.4 Å². The number of anilines is 1. The van der Waals surface area contributed by atoms with E-state index < -0.39 is 32.7 Å². The molecule has 0 bridgehead atoms. The first-order valence-corrected chi connectivity index (χ1v) is 8.04. The molecule has 0 radical (unpaired) electrons. The van der Waals surface area contributed by atoms with Gasteiger partial charge in [0.15, 0.2) is 9.84 Å². The molecule has 1 rings (SSSR count). The highest BCUT2D eigenvalue weighted by Crippen LogP contribution is 2.34. The van der Waals surface area contributed by atoms with Gasteiger partial charge in [0.2, 0.25) is 5.91 Å². The predicted octanol–water partition coefficient (Wildman–Crippen LogP) is 2.84. The standard InChI is InChI=1S/C11H11BrF3NO3S/c1-6(20(2,18)19)10(17)16-9-5-7(11(13,14)15)3-4-8(9)12/h3-6H,1-2H3,(H,16,17). The molecule has 1 N–H and O–H groups in total. The summed E-state index contributed by atoms with van der Waals surface area (Å²) < 4.78 is 60.3. The van der Waals surface area contributed by atoms with Crippen LogP contribution in [0.15, 0.2) is 22.7 Å². The molecule has 0 aliphatic rings. The Balaban J connectivity index is 3.07. The Morgan fingerprint density at radius 2 is 1.90 bits per heavy atom. The van der Waals surface area contributed by atoms with Gasteiger partial charge in [-0.05, 0) is 41.1 Å². The molecule has 1 atom stereocenters. The molecule has 0 saturated carbocycles. The summed E-state index contributed by atoms with van der Waals surface area (Å²) in [6.45, 7) is 1.16. The minimum atomic E-state index is -4.55. The number of carbonyl (C=O) groups is 1. The number of carbonyl (C=O) groups excluding carboxylic acids is 1. The van der Waals surface area contributed by atoms with Crippen molar-refractivity contribution in [2.45, 2.75) is 18.3 Å². The van der Waals surface area contributed by atoms with Crippen LogP contribution in [0.5, 0.6) is 0 Å². The first-order valence-electron chi connectivity index (χ1n) is 5.29. The maximum atomic E-state index is 12.6. The Hall–Kier alpha value is -1.09. The summed E-state index contributed by atoms with van der Waals surface area (Å²) in [6, 6.07) is 2.71. The fraction of sp³-hybridized carbons (Fsp3) is 0.364. The third-order valence-corrected chi connectivity index (χ3v) is 4.75. The molecular weight excluding hydrogens is 363 g/mol. The van der Waals surface area contributed by atoms with Gasteiger partial charge in [0, 0.05) is 10.7 Å². The van der Waals surface area contributed by atoms with Crippen LogP contribution in [0.25, 0.3) is 0 Å². The molecule has 0 saturated heterocycles. The maximum absolute atomic E-state index is 12.6. The monoisotopic (exact) mass is 373 g/mol. The van der Waals surface area contributed by atoms with E-state index in [4.69, 9.17) is 0 Å². The van der Waals surface area contributed by atoms with Gasteiger partial charge in [-0.25, -0.2) is 8.42 Å². The number of benzene rings is 1. The lowest BCUT2D eigenvalue weighted by molar-refractivity contribution is -0.137. The Morgan fingerprint density at radius 3 is 2.35 bits per heavy atom. The largest absolute Gasteiger partial charge is 0.416 e. The van der Waals surface area contributed by atoms with Crippen molar-refractivity contribution in [2.75, 3.05) is 11.6 Å². The molecule has 0 spiro atoms. The molecule has 0 aliphatic carbocycles. The number of nitrogens with one attached hydrogen (secondary N) is 1. The van der Waals surface area contributed by atoms with E-state index in [0.29, 0.717) is 0 Å². The molecule has 0 fully saturated rings. The molecule has 9 heteroatoms. The van der Waals surface area contributed by atoms with E-state index in [2.05, 4.69) is 21.2 Å². The Bertz CT molecular complexity index is 628. The second-order valence-electron chi connectivity index (χ2n) is 4.15. The van der Waals surface area contributed by atoms with Crippen molar-refractivity contribution in [1.82, 2.24) is 0 Å². The van der Waals surface area contributed by atoms with Gasteiger partial charge in [0.25, 0.3) is 0 Å². The molecule has 0 aliphatic heterocycles. The highest BCUT2D eigenvalue weighted by Gasteiger charge is 2.31. The Kier molecular flexibility index (Phi) is 4.86. The number of rotatable bonds is 3. The van der Waals surface area contributed by atoms with Crippen LogP contribution in [0.4, 0.5) is 18.9 Å². The topological polar surface area (TPSA) is 63.2 Å². The number of hydrogen-bond donors (Lipinski definition) is 1. The number of amides is 1.